The van der Waals surface area contributed by atoms with Crippen LogP contribution in [0.15, 0.2) is 18.7 Å². The molecule has 0 spiro atoms. The highest BCUT2D eigenvalue weighted by Crippen LogP contribution is 2.33. The Morgan fingerprint density at radius 1 is 1.32 bits per heavy atom. The zero-order valence-electron chi connectivity index (χ0n) is 10.5. The van der Waals surface area contributed by atoms with Gasteiger partial charge in [0.15, 0.2) is 17.5 Å². The van der Waals surface area contributed by atoms with Crippen molar-refractivity contribution in [1.29, 1.82) is 0 Å². The Morgan fingerprint density at radius 2 is 1.95 bits per heavy atom. The van der Waals surface area contributed by atoms with E-state index in [1.807, 2.05) is 0 Å². The van der Waals surface area contributed by atoms with Gasteiger partial charge in [-0.05, 0) is 19.8 Å². The quantitative estimate of drug-likeness (QED) is 0.428. The van der Waals surface area contributed by atoms with Crippen LogP contribution in [-0.2, 0) is 14.3 Å². The van der Waals surface area contributed by atoms with Crippen LogP contribution in [-0.4, -0.2) is 34.1 Å². The van der Waals surface area contributed by atoms with Crippen molar-refractivity contribution in [2.75, 3.05) is 6.61 Å². The van der Waals surface area contributed by atoms with Crippen molar-refractivity contribution in [2.45, 2.75) is 19.8 Å². The van der Waals surface area contributed by atoms with Crippen LogP contribution in [0.1, 0.15) is 30.1 Å². The van der Waals surface area contributed by atoms with Gasteiger partial charge in [-0.25, -0.2) is 9.97 Å². The van der Waals surface area contributed by atoms with Crippen molar-refractivity contribution < 1.29 is 19.1 Å². The van der Waals surface area contributed by atoms with Gasteiger partial charge in [0.05, 0.1) is 12.2 Å². The molecule has 0 bridgehead atoms. The minimum atomic E-state index is -1.38. The molecule has 1 aliphatic rings. The fraction of sp³-hybridized carbons (Fsp3) is 0.462. The van der Waals surface area contributed by atoms with Crippen LogP contribution >= 0.6 is 0 Å². The van der Waals surface area contributed by atoms with Crippen molar-refractivity contribution in [2.24, 2.45) is 11.8 Å². The molecule has 1 heterocycles. The Morgan fingerprint density at radius 3 is 2.47 bits per heavy atom. The van der Waals surface area contributed by atoms with Gasteiger partial charge in [-0.15, -0.1) is 0 Å². The Kier molecular flexibility index (Phi) is 3.99. The number of hydrogen-bond donors (Lipinski definition) is 0. The number of esters is 1. The second-order valence-corrected chi connectivity index (χ2v) is 4.35. The molecular weight excluding hydrogens is 248 g/mol. The maximum absolute atomic E-state index is 12.2. The Bertz CT molecular complexity index is 497. The van der Waals surface area contributed by atoms with E-state index in [0.29, 0.717) is 0 Å². The Hall–Kier alpha value is -2.11. The maximum atomic E-state index is 12.2. The predicted molar refractivity (Wildman–Crippen MR) is 64.2 cm³/mol. The summed E-state index contributed by atoms with van der Waals surface area (Å²) in [4.78, 5) is 43.6. The van der Waals surface area contributed by atoms with Gasteiger partial charge >= 0.3 is 5.97 Å². The number of rotatable bonds is 6. The van der Waals surface area contributed by atoms with Gasteiger partial charge in [-0.3, -0.25) is 14.4 Å². The van der Waals surface area contributed by atoms with Gasteiger partial charge in [0, 0.05) is 18.3 Å². The largest absolute Gasteiger partial charge is 0.465 e. The molecule has 6 nitrogen and oxygen atoms in total. The van der Waals surface area contributed by atoms with Crippen molar-refractivity contribution in [1.82, 2.24) is 9.97 Å². The normalized spacial score (nSPS) is 15.6. The van der Waals surface area contributed by atoms with Crippen molar-refractivity contribution >= 4 is 17.5 Å². The second-order valence-electron chi connectivity index (χ2n) is 4.35. The van der Waals surface area contributed by atoms with Crippen molar-refractivity contribution in [3.05, 3.63) is 24.3 Å². The third kappa shape index (κ3) is 3.01. The average Bonchev–Trinajstić information content (AvgIpc) is 3.24. The number of hydrogen-bond acceptors (Lipinski definition) is 6. The fourth-order valence-electron chi connectivity index (χ4n) is 1.77. The second kappa shape index (κ2) is 5.69. The molecule has 100 valence electrons. The molecule has 6 heteroatoms. The van der Waals surface area contributed by atoms with E-state index in [1.54, 1.807) is 6.92 Å². The summed E-state index contributed by atoms with van der Waals surface area (Å²) in [7, 11) is 0. The van der Waals surface area contributed by atoms with Crippen LogP contribution < -0.4 is 0 Å². The van der Waals surface area contributed by atoms with Gasteiger partial charge in [0.2, 0.25) is 0 Å². The van der Waals surface area contributed by atoms with Gasteiger partial charge in [0.1, 0.15) is 6.33 Å². The predicted octanol–water partition coefficient (Wildman–Crippen LogP) is 0.818. The lowest BCUT2D eigenvalue weighted by Gasteiger charge is -2.12. The molecule has 0 saturated heterocycles. The van der Waals surface area contributed by atoms with E-state index in [0.717, 1.165) is 12.8 Å². The lowest BCUT2D eigenvalue weighted by atomic mass is 9.92. The van der Waals surface area contributed by atoms with Crippen LogP contribution in [0.3, 0.4) is 0 Å². The van der Waals surface area contributed by atoms with Gasteiger partial charge in [-0.1, -0.05) is 0 Å². The zero-order valence-corrected chi connectivity index (χ0v) is 10.5. The molecule has 0 radical (unpaired) electrons. The molecule has 1 aromatic heterocycles. The molecule has 0 aromatic carbocycles. The number of Topliss-reactive ketones (excluding diaryl/α,β-unsaturated/α-hetero) is 2. The minimum Gasteiger partial charge on any atom is -0.465 e. The lowest BCUT2D eigenvalue weighted by molar-refractivity contribution is -0.149. The lowest BCUT2D eigenvalue weighted by Crippen LogP contribution is -2.34. The van der Waals surface area contributed by atoms with E-state index in [2.05, 4.69) is 9.97 Å². The summed E-state index contributed by atoms with van der Waals surface area (Å²) in [6, 6.07) is 0. The van der Waals surface area contributed by atoms with E-state index in [1.165, 1.54) is 18.7 Å². The number of nitrogens with zero attached hydrogens (tertiary/aromatic N) is 2. The highest BCUT2D eigenvalue weighted by Gasteiger charge is 2.43. The van der Waals surface area contributed by atoms with Gasteiger partial charge in [0.25, 0.3) is 0 Å². The number of ether oxygens (including phenoxy) is 1. The first-order valence-electron chi connectivity index (χ1n) is 6.14. The summed E-state index contributed by atoms with van der Waals surface area (Å²) in [6.45, 7) is 1.76. The summed E-state index contributed by atoms with van der Waals surface area (Å²) in [6.07, 6.45) is 5.32. The van der Waals surface area contributed by atoms with E-state index in [4.69, 9.17) is 4.74 Å². The average molecular weight is 262 g/mol. The highest BCUT2D eigenvalue weighted by molar-refractivity contribution is 6.23. The molecule has 1 saturated carbocycles. The summed E-state index contributed by atoms with van der Waals surface area (Å²) in [5, 5.41) is 0. The zero-order chi connectivity index (χ0) is 13.8. The summed E-state index contributed by atoms with van der Waals surface area (Å²) in [5.74, 6) is -3.29. The molecule has 2 rings (SSSR count). The summed E-state index contributed by atoms with van der Waals surface area (Å²) in [5.41, 5.74) is 0.148. The van der Waals surface area contributed by atoms with Crippen LogP contribution in [0.2, 0.25) is 0 Å². The summed E-state index contributed by atoms with van der Waals surface area (Å²) < 4.78 is 4.82. The first-order chi connectivity index (χ1) is 9.15. The smallest absolute Gasteiger partial charge is 0.324 e. The molecule has 0 amide bonds. The molecule has 1 unspecified atom stereocenters. The first-order valence-corrected chi connectivity index (χ1v) is 6.14. The third-order valence-corrected chi connectivity index (χ3v) is 2.89. The first kappa shape index (κ1) is 13.3. The van der Waals surface area contributed by atoms with E-state index in [9.17, 15) is 14.4 Å². The topological polar surface area (TPSA) is 86.2 Å². The van der Waals surface area contributed by atoms with E-state index in [-0.39, 0.29) is 23.9 Å². The molecule has 1 fully saturated rings. The van der Waals surface area contributed by atoms with E-state index >= 15 is 0 Å². The van der Waals surface area contributed by atoms with Crippen LogP contribution in [0, 0.1) is 11.8 Å². The van der Waals surface area contributed by atoms with E-state index < -0.39 is 17.7 Å². The Balaban J connectivity index is 2.24. The van der Waals surface area contributed by atoms with Crippen LogP contribution in [0.25, 0.3) is 0 Å². The minimum absolute atomic E-state index is 0.131. The Labute approximate surface area is 110 Å². The molecule has 1 aromatic rings. The third-order valence-electron chi connectivity index (χ3n) is 2.89. The number of carbonyl (C=O) groups excluding carboxylic acids is 3. The molecular formula is C13H14N2O4. The molecule has 0 aliphatic heterocycles. The van der Waals surface area contributed by atoms with Gasteiger partial charge < -0.3 is 4.74 Å². The van der Waals surface area contributed by atoms with Crippen molar-refractivity contribution in [3.8, 4) is 0 Å². The number of carbonyl (C=O) groups is 3. The molecule has 19 heavy (non-hydrogen) atoms. The van der Waals surface area contributed by atoms with Crippen LogP contribution in [0.5, 0.6) is 0 Å². The SMILES string of the molecule is CCOC(=O)C(C(=O)c1cncnc1)C(=O)C1CC1. The van der Waals surface area contributed by atoms with Crippen LogP contribution in [0.4, 0.5) is 0 Å². The fourth-order valence-corrected chi connectivity index (χ4v) is 1.77. The molecule has 1 aliphatic carbocycles. The monoisotopic (exact) mass is 262 g/mol. The highest BCUT2D eigenvalue weighted by atomic mass is 16.5. The standard InChI is InChI=1S/C13H14N2O4/c1-2-19-13(18)10(11(16)8-3-4-8)12(17)9-5-14-7-15-6-9/h5-8,10H,2-4H2,1H3. The molecule has 0 N–H and O–H groups in total. The molecule has 1 atom stereocenters. The number of ketones is 2. The van der Waals surface area contributed by atoms with Crippen molar-refractivity contribution in [3.63, 3.8) is 0 Å². The summed E-state index contributed by atoms with van der Waals surface area (Å²) >= 11 is 0. The maximum Gasteiger partial charge on any atom is 0.324 e. The van der Waals surface area contributed by atoms with Gasteiger partial charge in [-0.2, -0.15) is 0 Å². The number of aromatic nitrogens is 2.